The van der Waals surface area contributed by atoms with Gasteiger partial charge in [-0.2, -0.15) is 8.78 Å². The monoisotopic (exact) mass is 449 g/mol. The highest BCUT2D eigenvalue weighted by Crippen LogP contribution is 2.32. The molecule has 0 heterocycles. The number of hydrogen-bond acceptors (Lipinski definition) is 4. The van der Waals surface area contributed by atoms with Crippen molar-refractivity contribution in [3.8, 4) is 5.75 Å². The molecule has 2 aromatic carbocycles. The zero-order valence-corrected chi connectivity index (χ0v) is 16.2. The van der Waals surface area contributed by atoms with E-state index in [9.17, 15) is 18.4 Å². The molecule has 0 saturated heterocycles. The second-order valence-electron chi connectivity index (χ2n) is 5.18. The molecule has 1 N–H and O–H groups in total. The first-order chi connectivity index (χ1) is 13.2. The molecule has 28 heavy (non-hydrogen) atoms. The number of ether oxygens (including phenoxy) is 2. The Morgan fingerprint density at radius 2 is 1.68 bits per heavy atom. The summed E-state index contributed by atoms with van der Waals surface area (Å²) in [5.74, 6) is -1.41. The summed E-state index contributed by atoms with van der Waals surface area (Å²) >= 11 is 17.6. The number of nitrogens with one attached hydrogen (secondary N) is 1. The Morgan fingerprint density at radius 1 is 1.04 bits per heavy atom. The van der Waals surface area contributed by atoms with Gasteiger partial charge in [-0.3, -0.25) is 4.79 Å². The lowest BCUT2D eigenvalue weighted by Crippen LogP contribution is -2.20. The summed E-state index contributed by atoms with van der Waals surface area (Å²) in [6, 6.07) is 8.33. The number of esters is 1. The van der Waals surface area contributed by atoms with Gasteiger partial charge in [-0.15, -0.1) is 0 Å². The number of rotatable bonds is 7. The third-order valence-corrected chi connectivity index (χ3v) is 4.18. The first-order valence-electron chi connectivity index (χ1n) is 7.58. The summed E-state index contributed by atoms with van der Waals surface area (Å²) in [5.41, 5.74) is 0.768. The fraction of sp³-hybridized carbons (Fsp3) is 0.111. The van der Waals surface area contributed by atoms with Crippen molar-refractivity contribution < 1.29 is 27.8 Å². The van der Waals surface area contributed by atoms with Gasteiger partial charge in [0.25, 0.3) is 5.91 Å². The minimum atomic E-state index is -2.92. The van der Waals surface area contributed by atoms with Crippen molar-refractivity contribution in [3.63, 3.8) is 0 Å². The van der Waals surface area contributed by atoms with Crippen LogP contribution in [0.3, 0.4) is 0 Å². The van der Waals surface area contributed by atoms with Gasteiger partial charge in [0.05, 0.1) is 20.8 Å². The summed E-state index contributed by atoms with van der Waals surface area (Å²) in [5, 5.41) is 3.04. The van der Waals surface area contributed by atoms with Crippen LogP contribution in [0.1, 0.15) is 5.56 Å². The maximum absolute atomic E-state index is 12.1. The summed E-state index contributed by atoms with van der Waals surface area (Å²) < 4.78 is 33.2. The van der Waals surface area contributed by atoms with Gasteiger partial charge in [-0.25, -0.2) is 4.79 Å². The molecule has 0 fully saturated rings. The van der Waals surface area contributed by atoms with Crippen LogP contribution in [-0.2, 0) is 14.3 Å². The van der Waals surface area contributed by atoms with E-state index in [0.29, 0.717) is 5.56 Å². The van der Waals surface area contributed by atoms with Crippen LogP contribution >= 0.6 is 34.8 Å². The van der Waals surface area contributed by atoms with E-state index < -0.39 is 25.1 Å². The van der Waals surface area contributed by atoms with Crippen LogP contribution in [0.5, 0.6) is 5.75 Å². The first-order valence-corrected chi connectivity index (χ1v) is 8.72. The molecule has 0 spiro atoms. The molecule has 2 rings (SSSR count). The van der Waals surface area contributed by atoms with Crippen molar-refractivity contribution in [2.45, 2.75) is 6.61 Å². The van der Waals surface area contributed by atoms with Crippen LogP contribution < -0.4 is 10.1 Å². The Hall–Kier alpha value is -2.35. The molecule has 0 aliphatic heterocycles. The van der Waals surface area contributed by atoms with Crippen molar-refractivity contribution in [1.82, 2.24) is 0 Å². The van der Waals surface area contributed by atoms with E-state index in [1.165, 1.54) is 42.5 Å². The number of benzene rings is 2. The Kier molecular flexibility index (Phi) is 8.04. The molecule has 2 aromatic rings. The third kappa shape index (κ3) is 6.99. The average Bonchev–Trinajstić information content (AvgIpc) is 2.63. The van der Waals surface area contributed by atoms with E-state index in [2.05, 4.69) is 10.1 Å². The fourth-order valence-electron chi connectivity index (χ4n) is 1.91. The third-order valence-electron chi connectivity index (χ3n) is 3.15. The van der Waals surface area contributed by atoms with Crippen molar-refractivity contribution >= 4 is 58.4 Å². The molecule has 0 radical (unpaired) electrons. The molecule has 10 heteroatoms. The zero-order valence-electron chi connectivity index (χ0n) is 13.9. The largest absolute Gasteiger partial charge is 0.452 e. The molecule has 0 unspecified atom stereocenters. The fourth-order valence-corrected chi connectivity index (χ4v) is 2.51. The molecule has 5 nitrogen and oxygen atoms in total. The normalized spacial score (nSPS) is 10.9. The number of alkyl halides is 2. The predicted molar refractivity (Wildman–Crippen MR) is 103 cm³/mol. The number of amides is 1. The lowest BCUT2D eigenvalue weighted by atomic mass is 10.2. The highest BCUT2D eigenvalue weighted by molar-refractivity contribution is 6.44. The van der Waals surface area contributed by atoms with Gasteiger partial charge >= 0.3 is 12.6 Å². The van der Waals surface area contributed by atoms with Gasteiger partial charge in [-0.05, 0) is 35.9 Å². The van der Waals surface area contributed by atoms with E-state index in [4.69, 9.17) is 39.5 Å². The number of carbonyl (C=O) groups excluding carboxylic acids is 2. The standard InChI is InChI=1S/C18H12Cl3F2NO4/c19-12-7-14(21)15(8-13(12)20)24-16(25)9-27-17(26)6-3-10-1-4-11(5-2-10)28-18(22)23/h1-8,18H,9H2,(H,24,25)/b6-3+. The molecule has 0 atom stereocenters. The number of halogens is 5. The van der Waals surface area contributed by atoms with Crippen LogP contribution in [0.25, 0.3) is 6.08 Å². The summed E-state index contributed by atoms with van der Waals surface area (Å²) in [6.45, 7) is -3.47. The van der Waals surface area contributed by atoms with Gasteiger partial charge in [0.1, 0.15) is 5.75 Å². The number of anilines is 1. The molecular formula is C18H12Cl3F2NO4. The lowest BCUT2D eigenvalue weighted by Gasteiger charge is -2.08. The Balaban J connectivity index is 1.84. The van der Waals surface area contributed by atoms with Gasteiger partial charge in [0, 0.05) is 6.08 Å². The highest BCUT2D eigenvalue weighted by atomic mass is 35.5. The maximum atomic E-state index is 12.1. The minimum absolute atomic E-state index is 0.00707. The van der Waals surface area contributed by atoms with Crippen LogP contribution in [0.15, 0.2) is 42.5 Å². The predicted octanol–water partition coefficient (Wildman–Crippen LogP) is 5.44. The van der Waals surface area contributed by atoms with Gasteiger partial charge in [0.15, 0.2) is 6.61 Å². The zero-order chi connectivity index (χ0) is 20.7. The van der Waals surface area contributed by atoms with E-state index in [0.717, 1.165) is 6.08 Å². The summed E-state index contributed by atoms with van der Waals surface area (Å²) in [4.78, 5) is 23.5. The molecule has 148 valence electrons. The SMILES string of the molecule is O=C(COC(=O)/C=C/c1ccc(OC(F)F)cc1)Nc1cc(Cl)c(Cl)cc1Cl. The van der Waals surface area contributed by atoms with Crippen molar-refractivity contribution in [2.75, 3.05) is 11.9 Å². The molecule has 0 saturated carbocycles. The quantitative estimate of drug-likeness (QED) is 0.346. The van der Waals surface area contributed by atoms with Gasteiger partial charge in [0.2, 0.25) is 0 Å². The molecule has 1 amide bonds. The first kappa shape index (κ1) is 21.9. The van der Waals surface area contributed by atoms with Crippen molar-refractivity contribution in [1.29, 1.82) is 0 Å². The molecule has 0 aliphatic carbocycles. The van der Waals surface area contributed by atoms with Crippen LogP contribution in [0.2, 0.25) is 15.1 Å². The van der Waals surface area contributed by atoms with E-state index >= 15 is 0 Å². The topological polar surface area (TPSA) is 64.6 Å². The number of carbonyl (C=O) groups is 2. The number of hydrogen-bond donors (Lipinski definition) is 1. The minimum Gasteiger partial charge on any atom is -0.452 e. The average molecular weight is 451 g/mol. The van der Waals surface area contributed by atoms with E-state index in [1.54, 1.807) is 0 Å². The Labute approximate surface area is 173 Å². The van der Waals surface area contributed by atoms with E-state index in [-0.39, 0.29) is 26.5 Å². The van der Waals surface area contributed by atoms with Crippen LogP contribution in [0, 0.1) is 0 Å². The van der Waals surface area contributed by atoms with E-state index in [1.807, 2.05) is 0 Å². The second-order valence-corrected chi connectivity index (χ2v) is 6.40. The molecule has 0 bridgehead atoms. The highest BCUT2D eigenvalue weighted by Gasteiger charge is 2.11. The lowest BCUT2D eigenvalue weighted by molar-refractivity contribution is -0.142. The Morgan fingerprint density at radius 3 is 2.32 bits per heavy atom. The summed E-state index contributed by atoms with van der Waals surface area (Å²) in [7, 11) is 0. The molecular weight excluding hydrogens is 439 g/mol. The smallest absolute Gasteiger partial charge is 0.387 e. The molecule has 0 aromatic heterocycles. The van der Waals surface area contributed by atoms with Gasteiger partial charge in [-0.1, -0.05) is 46.9 Å². The van der Waals surface area contributed by atoms with Crippen molar-refractivity contribution in [3.05, 3.63) is 63.1 Å². The van der Waals surface area contributed by atoms with Crippen LogP contribution in [-0.4, -0.2) is 25.1 Å². The molecule has 0 aliphatic rings. The second kappa shape index (κ2) is 10.3. The van der Waals surface area contributed by atoms with Crippen LogP contribution in [0.4, 0.5) is 14.5 Å². The van der Waals surface area contributed by atoms with Gasteiger partial charge < -0.3 is 14.8 Å². The Bertz CT molecular complexity index is 889. The van der Waals surface area contributed by atoms with Crippen molar-refractivity contribution in [2.24, 2.45) is 0 Å². The summed E-state index contributed by atoms with van der Waals surface area (Å²) in [6.07, 6.45) is 2.48. The maximum Gasteiger partial charge on any atom is 0.387 e.